The van der Waals surface area contributed by atoms with Crippen molar-refractivity contribution in [2.24, 2.45) is 4.99 Å². The molecule has 0 spiro atoms. The molecular formula is C7H5N3O. The van der Waals surface area contributed by atoms with E-state index < -0.39 is 0 Å². The van der Waals surface area contributed by atoms with E-state index in [2.05, 4.69) is 15.3 Å². The zero-order valence-corrected chi connectivity index (χ0v) is 5.59. The fourth-order valence-corrected chi connectivity index (χ4v) is 0.927. The van der Waals surface area contributed by atoms with Crippen molar-refractivity contribution in [1.82, 2.24) is 4.98 Å². The molecule has 1 aliphatic heterocycles. The number of H-pyrrole nitrogens is 1. The average Bonchev–Trinajstić information content (AvgIpc) is 2.50. The van der Waals surface area contributed by atoms with Crippen LogP contribution in [-0.4, -0.2) is 17.1 Å². The number of rotatable bonds is 0. The second-order valence-corrected chi connectivity index (χ2v) is 2.14. The lowest BCUT2D eigenvalue weighted by atomic mass is 10.4. The van der Waals surface area contributed by atoms with Crippen LogP contribution >= 0.6 is 0 Å². The quantitative estimate of drug-likeness (QED) is 0.534. The number of nitrogens with one attached hydrogen (secondary N) is 2. The molecule has 0 saturated carbocycles. The molecule has 4 nitrogen and oxygen atoms in total. The second-order valence-electron chi connectivity index (χ2n) is 2.14. The molecule has 0 bridgehead atoms. The zero-order chi connectivity index (χ0) is 7.68. The topological polar surface area (TPSA) is 57.2 Å². The minimum atomic E-state index is 0.358. The first-order valence-electron chi connectivity index (χ1n) is 3.14. The van der Waals surface area contributed by atoms with Crippen LogP contribution in [0.5, 0.6) is 0 Å². The molecule has 0 amide bonds. The number of fused-ring (bicyclic) bond motifs is 1. The summed E-state index contributed by atoms with van der Waals surface area (Å²) in [6.45, 7) is 0. The highest BCUT2D eigenvalue weighted by Gasteiger charge is 2.07. The van der Waals surface area contributed by atoms with Gasteiger partial charge in [0.15, 0.2) is 11.8 Å². The van der Waals surface area contributed by atoms with Crippen LogP contribution in [0.1, 0.15) is 0 Å². The number of aliphatic imine (C=N–C) groups is 1. The Morgan fingerprint density at radius 3 is 3.27 bits per heavy atom. The maximum atomic E-state index is 10.2. The molecule has 0 aliphatic carbocycles. The van der Waals surface area contributed by atoms with Gasteiger partial charge in [0.1, 0.15) is 5.70 Å². The first kappa shape index (κ1) is 5.95. The molecule has 0 fully saturated rings. The van der Waals surface area contributed by atoms with Crippen molar-refractivity contribution >= 4 is 23.7 Å². The predicted octanol–water partition coefficient (Wildman–Crippen LogP) is 0.858. The van der Waals surface area contributed by atoms with Gasteiger partial charge < -0.3 is 10.3 Å². The van der Waals surface area contributed by atoms with E-state index in [-0.39, 0.29) is 0 Å². The molecule has 0 atom stereocenters. The van der Waals surface area contributed by atoms with Crippen molar-refractivity contribution < 1.29 is 4.79 Å². The highest BCUT2D eigenvalue weighted by Crippen LogP contribution is 2.25. The van der Waals surface area contributed by atoms with Crippen LogP contribution < -0.4 is 5.32 Å². The van der Waals surface area contributed by atoms with Crippen LogP contribution in [0.3, 0.4) is 0 Å². The van der Waals surface area contributed by atoms with Gasteiger partial charge in [0.05, 0.1) is 11.9 Å². The summed E-state index contributed by atoms with van der Waals surface area (Å²) >= 11 is 0. The fraction of sp³-hybridized carbons (Fsp3) is 0. The van der Waals surface area contributed by atoms with E-state index in [1.807, 2.05) is 6.07 Å². The Hall–Kier alpha value is -1.80. The molecule has 1 aromatic rings. The number of anilines is 1. The summed E-state index contributed by atoms with van der Waals surface area (Å²) in [6, 6.07) is 1.81. The van der Waals surface area contributed by atoms with Crippen molar-refractivity contribution in [3.63, 3.8) is 0 Å². The van der Waals surface area contributed by atoms with Crippen molar-refractivity contribution in [3.8, 4) is 0 Å². The number of hydrogen-bond acceptors (Lipinski definition) is 3. The molecule has 0 unspecified atom stereocenters. The summed E-state index contributed by atoms with van der Waals surface area (Å²) in [6.07, 6.45) is 3.19. The average molecular weight is 147 g/mol. The summed E-state index contributed by atoms with van der Waals surface area (Å²) in [5.41, 5.74) is 1.17. The van der Waals surface area contributed by atoms with Gasteiger partial charge in [0.2, 0.25) is 0 Å². The van der Waals surface area contributed by atoms with Crippen molar-refractivity contribution in [1.29, 1.82) is 0 Å². The lowest BCUT2D eigenvalue weighted by molar-refractivity contribution is 0.568. The third-order valence-corrected chi connectivity index (χ3v) is 1.43. The van der Waals surface area contributed by atoms with Gasteiger partial charge in [0.25, 0.3) is 0 Å². The number of allylic oxidation sites excluding steroid dienone is 1. The summed E-state index contributed by atoms with van der Waals surface area (Å²) < 4.78 is 0. The first-order valence-corrected chi connectivity index (χ1v) is 3.14. The lowest BCUT2D eigenvalue weighted by Gasteiger charge is -2.06. The van der Waals surface area contributed by atoms with E-state index in [9.17, 15) is 4.79 Å². The summed E-state index contributed by atoms with van der Waals surface area (Å²) in [5, 5.41) is 2.84. The van der Waals surface area contributed by atoms with E-state index in [4.69, 9.17) is 0 Å². The van der Waals surface area contributed by atoms with Gasteiger partial charge in [-0.25, -0.2) is 9.79 Å². The van der Waals surface area contributed by atoms with Crippen LogP contribution in [0.4, 0.5) is 11.5 Å². The Bertz CT molecular complexity index is 358. The van der Waals surface area contributed by atoms with Gasteiger partial charge in [0, 0.05) is 6.20 Å². The van der Waals surface area contributed by atoms with E-state index in [1.165, 1.54) is 6.21 Å². The molecular weight excluding hydrogens is 142 g/mol. The van der Waals surface area contributed by atoms with Gasteiger partial charge in [-0.05, 0) is 6.07 Å². The van der Waals surface area contributed by atoms with E-state index in [1.54, 1.807) is 12.1 Å². The molecule has 1 aliphatic rings. The standard InChI is InChI=1S/C7H5N3O/c11-4-5-3-9-7-6(10-5)1-2-8-7/h1-3,8,10H. The molecule has 0 aromatic carbocycles. The number of aromatic amines is 1. The minimum Gasteiger partial charge on any atom is -0.345 e. The summed E-state index contributed by atoms with van der Waals surface area (Å²) in [4.78, 5) is 17.0. The SMILES string of the molecule is O=C=C1C=Nc2[nH]ccc2N1. The van der Waals surface area contributed by atoms with Gasteiger partial charge >= 0.3 is 0 Å². The van der Waals surface area contributed by atoms with Gasteiger partial charge in [-0.3, -0.25) is 0 Å². The Balaban J connectivity index is 2.51. The summed E-state index contributed by atoms with van der Waals surface area (Å²) in [7, 11) is 0. The highest BCUT2D eigenvalue weighted by atomic mass is 16.1. The Morgan fingerprint density at radius 2 is 2.45 bits per heavy atom. The smallest absolute Gasteiger partial charge is 0.153 e. The van der Waals surface area contributed by atoms with Crippen molar-refractivity contribution in [2.45, 2.75) is 0 Å². The highest BCUT2D eigenvalue weighted by molar-refractivity contribution is 5.98. The maximum Gasteiger partial charge on any atom is 0.153 e. The first-order chi connectivity index (χ1) is 5.40. The number of aromatic nitrogens is 1. The van der Waals surface area contributed by atoms with Crippen LogP contribution in [0.25, 0.3) is 0 Å². The van der Waals surface area contributed by atoms with Crippen LogP contribution in [-0.2, 0) is 4.79 Å². The molecule has 2 N–H and O–H groups in total. The maximum absolute atomic E-state index is 10.2. The number of nitrogens with zero attached hydrogens (tertiary/aromatic N) is 1. The molecule has 11 heavy (non-hydrogen) atoms. The number of carbonyl (C=O) groups excluding carboxylic acids is 1. The van der Waals surface area contributed by atoms with Crippen molar-refractivity contribution in [2.75, 3.05) is 5.32 Å². The van der Waals surface area contributed by atoms with E-state index in [0.717, 1.165) is 11.5 Å². The lowest BCUT2D eigenvalue weighted by Crippen LogP contribution is -2.04. The normalized spacial score (nSPS) is 13.6. The molecule has 0 radical (unpaired) electrons. The Labute approximate surface area is 62.6 Å². The zero-order valence-electron chi connectivity index (χ0n) is 5.59. The summed E-state index contributed by atoms with van der Waals surface area (Å²) in [5.74, 6) is 2.47. The Kier molecular flexibility index (Phi) is 1.14. The third-order valence-electron chi connectivity index (χ3n) is 1.43. The van der Waals surface area contributed by atoms with Gasteiger partial charge in [-0.1, -0.05) is 0 Å². The van der Waals surface area contributed by atoms with E-state index in [0.29, 0.717) is 5.70 Å². The predicted molar refractivity (Wildman–Crippen MR) is 41.8 cm³/mol. The van der Waals surface area contributed by atoms with Crippen LogP contribution in [0.2, 0.25) is 0 Å². The molecule has 54 valence electrons. The minimum absolute atomic E-state index is 0.358. The molecule has 1 aromatic heterocycles. The molecule has 0 saturated heterocycles. The Morgan fingerprint density at radius 1 is 1.55 bits per heavy atom. The fourth-order valence-electron chi connectivity index (χ4n) is 0.927. The van der Waals surface area contributed by atoms with Crippen LogP contribution in [0, 0.1) is 0 Å². The largest absolute Gasteiger partial charge is 0.345 e. The van der Waals surface area contributed by atoms with Gasteiger partial charge in [-0.2, -0.15) is 0 Å². The number of hydrogen-bond donors (Lipinski definition) is 2. The molecule has 4 heteroatoms. The molecule has 2 heterocycles. The van der Waals surface area contributed by atoms with Gasteiger partial charge in [-0.15, -0.1) is 0 Å². The second kappa shape index (κ2) is 2.11. The van der Waals surface area contributed by atoms with Crippen LogP contribution in [0.15, 0.2) is 23.0 Å². The third kappa shape index (κ3) is 0.855. The van der Waals surface area contributed by atoms with Crippen molar-refractivity contribution in [3.05, 3.63) is 18.0 Å². The van der Waals surface area contributed by atoms with E-state index >= 15 is 0 Å². The monoisotopic (exact) mass is 147 g/mol. The molecule has 2 rings (SSSR count).